The van der Waals surface area contributed by atoms with E-state index >= 15 is 0 Å². The largest absolute Gasteiger partial charge is 0.401 e. The van der Waals surface area contributed by atoms with E-state index in [1.165, 1.54) is 0 Å². The Morgan fingerprint density at radius 1 is 0.792 bits per heavy atom. The predicted molar refractivity (Wildman–Crippen MR) is 64.1 cm³/mol. The van der Waals surface area contributed by atoms with Gasteiger partial charge in [-0.15, -0.1) is 0 Å². The maximum Gasteiger partial charge on any atom is 0.401 e. The number of nitrogens with two attached hydrogens (primary N) is 2. The third-order valence-electron chi connectivity index (χ3n) is 3.36. The maximum atomic E-state index is 14.2. The topological polar surface area (TPSA) is 52.0 Å². The van der Waals surface area contributed by atoms with E-state index in [1.54, 1.807) is 0 Å². The van der Waals surface area contributed by atoms with Crippen LogP contribution in [0.4, 0.5) is 39.5 Å². The Kier molecular flexibility index (Phi) is 4.21. The number of hydrogen-bond donors (Lipinski definition) is 2. The molecule has 1 aliphatic rings. The highest BCUT2D eigenvalue weighted by Crippen LogP contribution is 2.45. The Morgan fingerprint density at radius 3 is 1.62 bits per heavy atom. The summed E-state index contributed by atoms with van der Waals surface area (Å²) in [6, 6.07) is 0. The zero-order valence-corrected chi connectivity index (χ0v) is 11.3. The van der Waals surface area contributed by atoms with Crippen molar-refractivity contribution in [3.63, 3.8) is 0 Å². The SMILES string of the molecule is NC1(N)C=CC(c2c(F)c(F)c(F)c(F)c2F)=C(F)C1C(F)(F)F. The van der Waals surface area contributed by atoms with Crippen LogP contribution in [-0.2, 0) is 0 Å². The molecule has 0 amide bonds. The summed E-state index contributed by atoms with van der Waals surface area (Å²) in [5.41, 5.74) is 4.06. The van der Waals surface area contributed by atoms with Gasteiger partial charge in [0.1, 0.15) is 17.4 Å². The van der Waals surface area contributed by atoms with Crippen LogP contribution in [0.15, 0.2) is 18.0 Å². The lowest BCUT2D eigenvalue weighted by atomic mass is 9.82. The molecule has 0 saturated heterocycles. The predicted octanol–water partition coefficient (Wildman–Crippen LogP) is 3.42. The van der Waals surface area contributed by atoms with Crippen LogP contribution in [-0.4, -0.2) is 11.8 Å². The number of allylic oxidation sites excluding steroid dienone is 2. The maximum absolute atomic E-state index is 14.2. The van der Waals surface area contributed by atoms with Crippen LogP contribution in [0.3, 0.4) is 0 Å². The van der Waals surface area contributed by atoms with E-state index in [0.29, 0.717) is 12.2 Å². The lowest BCUT2D eigenvalue weighted by molar-refractivity contribution is -0.180. The van der Waals surface area contributed by atoms with Crippen LogP contribution in [0.1, 0.15) is 5.56 Å². The average molecular weight is 362 g/mol. The highest BCUT2D eigenvalue weighted by molar-refractivity contribution is 5.78. The van der Waals surface area contributed by atoms with Gasteiger partial charge in [-0.3, -0.25) is 0 Å². The van der Waals surface area contributed by atoms with Crippen LogP contribution in [0.2, 0.25) is 0 Å². The van der Waals surface area contributed by atoms with Gasteiger partial charge in [-0.1, -0.05) is 6.08 Å². The molecule has 24 heavy (non-hydrogen) atoms. The van der Waals surface area contributed by atoms with E-state index in [-0.39, 0.29) is 0 Å². The molecule has 1 unspecified atom stereocenters. The van der Waals surface area contributed by atoms with Crippen LogP contribution in [0.25, 0.3) is 5.57 Å². The van der Waals surface area contributed by atoms with Gasteiger partial charge in [0.05, 0.1) is 5.56 Å². The first-order valence-electron chi connectivity index (χ1n) is 6.05. The standard InChI is InChI=1S/C13H7F9N2/c14-5-3(1-2-12(23,24)11(5)13(20,21)22)4-6(15)8(17)10(19)9(18)7(4)16/h1-2,11H,23-24H2. The quantitative estimate of drug-likeness (QED) is 0.348. The summed E-state index contributed by atoms with van der Waals surface area (Å²) < 4.78 is 120. The van der Waals surface area contributed by atoms with Gasteiger partial charge in [-0.2, -0.15) is 13.2 Å². The minimum absolute atomic E-state index is 0.329. The van der Waals surface area contributed by atoms with E-state index in [2.05, 4.69) is 0 Å². The molecule has 0 fully saturated rings. The highest BCUT2D eigenvalue weighted by Gasteiger charge is 2.54. The summed E-state index contributed by atoms with van der Waals surface area (Å²) in [4.78, 5) is 0. The van der Waals surface area contributed by atoms with Gasteiger partial charge < -0.3 is 11.5 Å². The lowest BCUT2D eigenvalue weighted by Crippen LogP contribution is -2.59. The van der Waals surface area contributed by atoms with Gasteiger partial charge in [-0.25, -0.2) is 26.3 Å². The summed E-state index contributed by atoms with van der Waals surface area (Å²) in [5.74, 6) is -17.9. The van der Waals surface area contributed by atoms with Crippen LogP contribution in [0, 0.1) is 35.0 Å². The van der Waals surface area contributed by atoms with Crippen LogP contribution >= 0.6 is 0 Å². The molecule has 0 spiro atoms. The van der Waals surface area contributed by atoms with Crippen molar-refractivity contribution in [3.05, 3.63) is 52.6 Å². The molecule has 1 aromatic rings. The Morgan fingerprint density at radius 2 is 1.21 bits per heavy atom. The fourth-order valence-corrected chi connectivity index (χ4v) is 2.25. The van der Waals surface area contributed by atoms with Gasteiger partial charge in [0.15, 0.2) is 23.3 Å². The number of benzene rings is 1. The van der Waals surface area contributed by atoms with E-state index < -0.39 is 63.8 Å². The first-order valence-corrected chi connectivity index (χ1v) is 6.05. The molecule has 0 heterocycles. The molecule has 1 aromatic carbocycles. The summed E-state index contributed by atoms with van der Waals surface area (Å²) in [6.45, 7) is 0. The third kappa shape index (κ3) is 2.67. The lowest BCUT2D eigenvalue weighted by Gasteiger charge is -2.35. The summed E-state index contributed by atoms with van der Waals surface area (Å²) >= 11 is 0. The summed E-state index contributed by atoms with van der Waals surface area (Å²) in [7, 11) is 0. The fraction of sp³-hybridized carbons (Fsp3) is 0.231. The molecule has 11 heteroatoms. The van der Waals surface area contributed by atoms with E-state index in [4.69, 9.17) is 11.5 Å². The van der Waals surface area contributed by atoms with Gasteiger partial charge >= 0.3 is 6.18 Å². The molecule has 0 bridgehead atoms. The van der Waals surface area contributed by atoms with Crippen molar-refractivity contribution in [2.75, 3.05) is 0 Å². The fourth-order valence-electron chi connectivity index (χ4n) is 2.25. The zero-order valence-electron chi connectivity index (χ0n) is 11.3. The second kappa shape index (κ2) is 5.52. The minimum atomic E-state index is -5.38. The number of rotatable bonds is 1. The Labute approximate surface area is 128 Å². The van der Waals surface area contributed by atoms with Crippen molar-refractivity contribution in [3.8, 4) is 0 Å². The Hall–Kier alpha value is -2.01. The summed E-state index contributed by atoms with van der Waals surface area (Å²) in [6.07, 6.45) is -4.69. The minimum Gasteiger partial charge on any atom is -0.309 e. The molecule has 2 rings (SSSR count). The van der Waals surface area contributed by atoms with Crippen molar-refractivity contribution in [2.45, 2.75) is 11.8 Å². The first kappa shape index (κ1) is 18.3. The first-order chi connectivity index (χ1) is 10.8. The summed E-state index contributed by atoms with van der Waals surface area (Å²) in [5, 5.41) is 0. The monoisotopic (exact) mass is 362 g/mol. The Bertz CT molecular complexity index is 733. The molecule has 0 radical (unpaired) electrons. The van der Waals surface area contributed by atoms with E-state index in [1.807, 2.05) is 0 Å². The molecule has 132 valence electrons. The second-order valence-corrected chi connectivity index (χ2v) is 5.01. The van der Waals surface area contributed by atoms with Crippen molar-refractivity contribution in [1.29, 1.82) is 0 Å². The molecular formula is C13H7F9N2. The number of halogens is 9. The Balaban J connectivity index is 2.81. The van der Waals surface area contributed by atoms with Crippen molar-refractivity contribution >= 4 is 5.57 Å². The molecule has 0 aliphatic heterocycles. The number of hydrogen-bond acceptors (Lipinski definition) is 2. The molecular weight excluding hydrogens is 355 g/mol. The molecule has 2 nitrogen and oxygen atoms in total. The van der Waals surface area contributed by atoms with Crippen LogP contribution < -0.4 is 11.5 Å². The molecule has 1 aliphatic carbocycles. The van der Waals surface area contributed by atoms with Crippen molar-refractivity contribution < 1.29 is 39.5 Å². The molecule has 1 atom stereocenters. The van der Waals surface area contributed by atoms with E-state index in [9.17, 15) is 39.5 Å². The van der Waals surface area contributed by atoms with Crippen LogP contribution in [0.5, 0.6) is 0 Å². The molecule has 0 saturated carbocycles. The van der Waals surface area contributed by atoms with Gasteiger partial charge in [0.2, 0.25) is 5.82 Å². The second-order valence-electron chi connectivity index (χ2n) is 5.01. The third-order valence-corrected chi connectivity index (χ3v) is 3.36. The molecule has 4 N–H and O–H groups in total. The molecule has 0 aromatic heterocycles. The normalized spacial score (nSPS) is 20.7. The van der Waals surface area contributed by atoms with Gasteiger partial charge in [-0.05, 0) is 6.08 Å². The van der Waals surface area contributed by atoms with E-state index in [0.717, 1.165) is 0 Å². The smallest absolute Gasteiger partial charge is 0.309 e. The zero-order chi connectivity index (χ0) is 18.6. The van der Waals surface area contributed by atoms with Crippen molar-refractivity contribution in [1.82, 2.24) is 0 Å². The highest BCUT2D eigenvalue weighted by atomic mass is 19.4. The van der Waals surface area contributed by atoms with Gasteiger partial charge in [0, 0.05) is 5.57 Å². The average Bonchev–Trinajstić information content (AvgIpc) is 2.43. The van der Waals surface area contributed by atoms with Gasteiger partial charge in [0.25, 0.3) is 0 Å². The van der Waals surface area contributed by atoms with Crippen molar-refractivity contribution in [2.24, 2.45) is 17.4 Å². The number of alkyl halides is 3.